The lowest BCUT2D eigenvalue weighted by atomic mass is 9.95. The van der Waals surface area contributed by atoms with Gasteiger partial charge in [-0.05, 0) is 67.4 Å². The molecule has 0 spiro atoms. The Balaban J connectivity index is 1.80. The van der Waals surface area contributed by atoms with Crippen LogP contribution in [-0.4, -0.2) is 32.8 Å². The largest absolute Gasteiger partial charge is 0.507 e. The predicted octanol–water partition coefficient (Wildman–Crippen LogP) is 5.25. The van der Waals surface area contributed by atoms with Gasteiger partial charge in [0.15, 0.2) is 0 Å². The van der Waals surface area contributed by atoms with Crippen LogP contribution in [0.3, 0.4) is 0 Å². The minimum absolute atomic E-state index is 0.0128. The van der Waals surface area contributed by atoms with Crippen LogP contribution in [-0.2, 0) is 16.1 Å². The number of hydrogen-bond donors (Lipinski definition) is 1. The molecule has 2 heterocycles. The Kier molecular flexibility index (Phi) is 6.60. The molecule has 168 valence electrons. The molecule has 4 rings (SSSR count). The lowest BCUT2D eigenvalue weighted by molar-refractivity contribution is -0.140. The van der Waals surface area contributed by atoms with Crippen molar-refractivity contribution in [1.29, 1.82) is 0 Å². The summed E-state index contributed by atoms with van der Waals surface area (Å²) in [5.74, 6) is -0.945. The highest BCUT2D eigenvalue weighted by Crippen LogP contribution is 2.41. The average Bonchev–Trinajstić information content (AvgIpc) is 3.04. The summed E-state index contributed by atoms with van der Waals surface area (Å²) in [4.78, 5) is 31.8. The van der Waals surface area contributed by atoms with Crippen molar-refractivity contribution in [3.05, 3.63) is 99.8 Å². The maximum absolute atomic E-state index is 13.1. The van der Waals surface area contributed by atoms with Gasteiger partial charge in [0.25, 0.3) is 11.7 Å². The Labute approximate surface area is 200 Å². The molecule has 0 bridgehead atoms. The Bertz CT molecular complexity index is 1210. The van der Waals surface area contributed by atoms with Crippen molar-refractivity contribution in [1.82, 2.24) is 9.88 Å². The molecule has 1 aromatic heterocycles. The van der Waals surface area contributed by atoms with Gasteiger partial charge in [-0.15, -0.1) is 0 Å². The van der Waals surface area contributed by atoms with E-state index in [1.807, 2.05) is 44.2 Å². The van der Waals surface area contributed by atoms with Crippen LogP contribution in [0.4, 0.5) is 0 Å². The fourth-order valence-electron chi connectivity index (χ4n) is 3.87. The number of benzene rings is 2. The van der Waals surface area contributed by atoms with Crippen LogP contribution in [0.25, 0.3) is 5.76 Å². The molecule has 1 aliphatic heterocycles. The molecule has 1 N–H and O–H groups in total. The zero-order chi connectivity index (χ0) is 23.5. The summed E-state index contributed by atoms with van der Waals surface area (Å²) in [5, 5.41) is 11.2. The molecule has 1 aliphatic rings. The maximum atomic E-state index is 13.1. The molecular formula is C26H23BrN2O4. The number of Topliss-reactive ketones (excluding diaryl/α,β-unsaturated/α-hetero) is 1. The van der Waals surface area contributed by atoms with Crippen molar-refractivity contribution >= 4 is 33.4 Å². The first-order valence-electron chi connectivity index (χ1n) is 10.5. The first-order chi connectivity index (χ1) is 15.8. The number of pyridine rings is 1. The van der Waals surface area contributed by atoms with Crippen LogP contribution in [0, 0.1) is 0 Å². The number of ether oxygens (including phenoxy) is 1. The van der Waals surface area contributed by atoms with E-state index in [0.717, 1.165) is 10.0 Å². The number of amides is 1. The summed E-state index contributed by atoms with van der Waals surface area (Å²) in [7, 11) is 0. The van der Waals surface area contributed by atoms with Gasteiger partial charge < -0.3 is 14.7 Å². The van der Waals surface area contributed by atoms with Crippen LogP contribution >= 0.6 is 15.9 Å². The SMILES string of the molecule is CC(C)Oc1ccc(/C(O)=C2\C(=O)C(=O)N(Cc3cccnc3)[C@@H]2c2cccc(Br)c2)cc1. The van der Waals surface area contributed by atoms with E-state index >= 15 is 0 Å². The number of carbonyl (C=O) groups excluding carboxylic acids is 2. The molecule has 33 heavy (non-hydrogen) atoms. The van der Waals surface area contributed by atoms with Crippen molar-refractivity contribution in [2.45, 2.75) is 32.5 Å². The van der Waals surface area contributed by atoms with Crippen LogP contribution in [0.1, 0.15) is 36.6 Å². The fourth-order valence-corrected chi connectivity index (χ4v) is 4.29. The standard InChI is InChI=1S/C26H23BrN2O4/c1-16(2)33-21-10-8-18(9-11-21)24(30)22-23(19-6-3-7-20(27)13-19)29(26(32)25(22)31)15-17-5-4-12-28-14-17/h3-14,16,23,30H,15H2,1-2H3/b24-22+/t23-/m1/s1. The highest BCUT2D eigenvalue weighted by Gasteiger charge is 2.46. The van der Waals surface area contributed by atoms with E-state index < -0.39 is 17.7 Å². The van der Waals surface area contributed by atoms with Gasteiger partial charge in [0.2, 0.25) is 0 Å². The van der Waals surface area contributed by atoms with Gasteiger partial charge in [-0.3, -0.25) is 14.6 Å². The highest BCUT2D eigenvalue weighted by atomic mass is 79.9. The summed E-state index contributed by atoms with van der Waals surface area (Å²) >= 11 is 3.46. The molecular weight excluding hydrogens is 484 g/mol. The Hall–Kier alpha value is -3.45. The van der Waals surface area contributed by atoms with Gasteiger partial charge in [-0.2, -0.15) is 0 Å². The summed E-state index contributed by atoms with van der Waals surface area (Å²) < 4.78 is 6.47. The first kappa shape index (κ1) is 22.7. The van der Waals surface area contributed by atoms with Crippen molar-refractivity contribution in [2.75, 3.05) is 0 Å². The van der Waals surface area contributed by atoms with Gasteiger partial charge in [-0.1, -0.05) is 34.1 Å². The molecule has 1 atom stereocenters. The van der Waals surface area contributed by atoms with Gasteiger partial charge in [0, 0.05) is 29.0 Å². The second kappa shape index (κ2) is 9.58. The van der Waals surface area contributed by atoms with Gasteiger partial charge in [-0.25, -0.2) is 0 Å². The molecule has 1 amide bonds. The van der Waals surface area contributed by atoms with Crippen molar-refractivity contribution in [3.63, 3.8) is 0 Å². The smallest absolute Gasteiger partial charge is 0.295 e. The molecule has 0 radical (unpaired) electrons. The molecule has 2 aromatic carbocycles. The predicted molar refractivity (Wildman–Crippen MR) is 128 cm³/mol. The third kappa shape index (κ3) is 4.83. The Morgan fingerprint density at radius 3 is 2.52 bits per heavy atom. The summed E-state index contributed by atoms with van der Waals surface area (Å²) in [6, 6.07) is 17.1. The minimum atomic E-state index is -0.741. The molecule has 1 saturated heterocycles. The third-order valence-electron chi connectivity index (χ3n) is 5.28. The van der Waals surface area contributed by atoms with Gasteiger partial charge >= 0.3 is 0 Å². The molecule has 0 unspecified atom stereocenters. The normalized spacial score (nSPS) is 17.6. The van der Waals surface area contributed by atoms with E-state index in [0.29, 0.717) is 16.9 Å². The number of aromatic nitrogens is 1. The first-order valence-corrected chi connectivity index (χ1v) is 11.3. The number of aliphatic hydroxyl groups excluding tert-OH is 1. The van der Waals surface area contributed by atoms with Crippen LogP contribution in [0.2, 0.25) is 0 Å². The number of hydrogen-bond acceptors (Lipinski definition) is 5. The highest BCUT2D eigenvalue weighted by molar-refractivity contribution is 9.10. The number of halogens is 1. The zero-order valence-corrected chi connectivity index (χ0v) is 19.8. The topological polar surface area (TPSA) is 79.7 Å². The van der Waals surface area contributed by atoms with Crippen LogP contribution in [0.5, 0.6) is 5.75 Å². The quantitative estimate of drug-likeness (QED) is 0.280. The number of nitrogens with zero attached hydrogens (tertiary/aromatic N) is 2. The summed E-state index contributed by atoms with van der Waals surface area (Å²) in [6.07, 6.45) is 3.32. The average molecular weight is 507 g/mol. The monoisotopic (exact) mass is 506 g/mol. The fraction of sp³-hybridized carbons (Fsp3) is 0.192. The summed E-state index contributed by atoms with van der Waals surface area (Å²) in [6.45, 7) is 4.04. The number of rotatable bonds is 6. The lowest BCUT2D eigenvalue weighted by Gasteiger charge is -2.25. The van der Waals surface area contributed by atoms with Crippen molar-refractivity contribution in [2.24, 2.45) is 0 Å². The van der Waals surface area contributed by atoms with E-state index in [9.17, 15) is 14.7 Å². The number of ketones is 1. The number of likely N-dealkylation sites (tertiary alicyclic amines) is 1. The van der Waals surface area contributed by atoms with E-state index in [-0.39, 0.29) is 24.0 Å². The van der Waals surface area contributed by atoms with Gasteiger partial charge in [0.05, 0.1) is 17.7 Å². The second-order valence-corrected chi connectivity index (χ2v) is 8.95. The lowest BCUT2D eigenvalue weighted by Crippen LogP contribution is -2.29. The van der Waals surface area contributed by atoms with E-state index in [4.69, 9.17) is 4.74 Å². The van der Waals surface area contributed by atoms with E-state index in [2.05, 4.69) is 20.9 Å². The number of aliphatic hydroxyl groups is 1. The van der Waals surface area contributed by atoms with Crippen LogP contribution in [0.15, 0.2) is 83.1 Å². The maximum Gasteiger partial charge on any atom is 0.295 e. The van der Waals surface area contributed by atoms with E-state index in [1.54, 1.807) is 42.7 Å². The number of carbonyl (C=O) groups is 2. The second-order valence-electron chi connectivity index (χ2n) is 8.03. The molecule has 0 aliphatic carbocycles. The molecule has 1 fully saturated rings. The minimum Gasteiger partial charge on any atom is -0.507 e. The molecule has 0 saturated carbocycles. The van der Waals surface area contributed by atoms with Crippen LogP contribution < -0.4 is 4.74 Å². The van der Waals surface area contributed by atoms with Gasteiger partial charge in [0.1, 0.15) is 11.5 Å². The van der Waals surface area contributed by atoms with Crippen molar-refractivity contribution in [3.8, 4) is 5.75 Å². The Morgan fingerprint density at radius 1 is 1.12 bits per heavy atom. The third-order valence-corrected chi connectivity index (χ3v) is 5.77. The summed E-state index contributed by atoms with van der Waals surface area (Å²) in [5.41, 5.74) is 1.99. The van der Waals surface area contributed by atoms with E-state index in [1.165, 1.54) is 4.90 Å². The molecule has 6 nitrogen and oxygen atoms in total. The molecule has 3 aromatic rings. The zero-order valence-electron chi connectivity index (χ0n) is 18.2. The Morgan fingerprint density at radius 2 is 1.88 bits per heavy atom. The van der Waals surface area contributed by atoms with Crippen molar-refractivity contribution < 1.29 is 19.4 Å². The molecule has 7 heteroatoms.